The van der Waals surface area contributed by atoms with Crippen molar-refractivity contribution >= 4 is 40.0 Å². The molecule has 0 aliphatic carbocycles. The van der Waals surface area contributed by atoms with Crippen LogP contribution in [-0.4, -0.2) is 32.9 Å². The summed E-state index contributed by atoms with van der Waals surface area (Å²) < 4.78 is 0. The normalized spacial score (nSPS) is 11.7. The van der Waals surface area contributed by atoms with Crippen LogP contribution in [0.1, 0.15) is 67.0 Å². The highest BCUT2D eigenvalue weighted by Crippen LogP contribution is 2.19. The number of anilines is 2. The molecule has 10 heteroatoms. The Bertz CT molecular complexity index is 1480. The molecule has 0 saturated heterocycles. The first kappa shape index (κ1) is 30.6. The number of benzene rings is 2. The van der Waals surface area contributed by atoms with Crippen molar-refractivity contribution in [2.45, 2.75) is 65.3 Å². The topological polar surface area (TPSA) is 129 Å². The van der Waals surface area contributed by atoms with E-state index < -0.39 is 0 Å². The number of aromatic amines is 1. The number of aryl methyl sites for hydroxylation is 2. The fourth-order valence-corrected chi connectivity index (χ4v) is 5.21. The van der Waals surface area contributed by atoms with Gasteiger partial charge < -0.3 is 20.9 Å². The average molecular weight is 587 g/mol. The lowest BCUT2D eigenvalue weighted by atomic mass is 10.0. The second kappa shape index (κ2) is 15.1. The van der Waals surface area contributed by atoms with Crippen LogP contribution in [0.2, 0.25) is 0 Å². The van der Waals surface area contributed by atoms with Gasteiger partial charge in [0.2, 0.25) is 22.9 Å². The average Bonchev–Trinajstić information content (AvgIpc) is 3.60. The molecule has 0 aliphatic heterocycles. The van der Waals surface area contributed by atoms with Crippen LogP contribution in [0, 0.1) is 5.92 Å². The standard InChI is InChI=1S/C32H38N6O3S/c1-21(2)31(41)33-22(3)25-13-9-12-24(18-25)20-28(39)35-27-17-16-26(34-27)14-7-8-15-30-37-38-32(42-30)36-29(40)19-23-10-5-4-6-11-23/h4-6,9-13,16-18,21-22,34H,7-8,14-15,19-20H2,1-3H3,(H,33,41)(H,35,39)(H,36,38,40). The molecule has 2 heterocycles. The van der Waals surface area contributed by atoms with E-state index in [9.17, 15) is 14.4 Å². The SMILES string of the molecule is CC(C)C(=O)NC(C)c1cccc(CC(=O)Nc2ccc(CCCCc3nnc(NC(=O)Cc4ccccc4)s3)[nH]2)c1. The predicted octanol–water partition coefficient (Wildman–Crippen LogP) is 5.63. The molecule has 4 N–H and O–H groups in total. The zero-order valence-corrected chi connectivity index (χ0v) is 25.1. The van der Waals surface area contributed by atoms with Gasteiger partial charge in [-0.1, -0.05) is 79.8 Å². The van der Waals surface area contributed by atoms with Crippen LogP contribution in [0.5, 0.6) is 0 Å². The number of unbranched alkanes of at least 4 members (excludes halogenated alkanes) is 1. The van der Waals surface area contributed by atoms with Gasteiger partial charge in [-0.3, -0.25) is 14.4 Å². The number of aromatic nitrogens is 3. The van der Waals surface area contributed by atoms with E-state index in [1.54, 1.807) is 0 Å². The highest BCUT2D eigenvalue weighted by atomic mass is 32.1. The van der Waals surface area contributed by atoms with Gasteiger partial charge in [0.25, 0.3) is 0 Å². The fraction of sp³-hybridized carbons (Fsp3) is 0.344. The maximum Gasteiger partial charge on any atom is 0.230 e. The lowest BCUT2D eigenvalue weighted by Crippen LogP contribution is -2.30. The summed E-state index contributed by atoms with van der Waals surface area (Å²) in [5.74, 6) is 0.379. The molecule has 0 saturated carbocycles. The predicted molar refractivity (Wildman–Crippen MR) is 166 cm³/mol. The minimum atomic E-state index is -0.131. The zero-order chi connectivity index (χ0) is 29.9. The first-order valence-electron chi connectivity index (χ1n) is 14.3. The van der Waals surface area contributed by atoms with Crippen molar-refractivity contribution in [1.29, 1.82) is 0 Å². The van der Waals surface area contributed by atoms with Crippen molar-refractivity contribution < 1.29 is 14.4 Å². The van der Waals surface area contributed by atoms with Crippen molar-refractivity contribution in [2.75, 3.05) is 10.6 Å². The third-order valence-corrected chi connectivity index (χ3v) is 7.63. The minimum Gasteiger partial charge on any atom is -0.349 e. The molecule has 2 aromatic carbocycles. The Balaban J connectivity index is 1.16. The van der Waals surface area contributed by atoms with Gasteiger partial charge in [0, 0.05) is 18.0 Å². The third-order valence-electron chi connectivity index (χ3n) is 6.73. The summed E-state index contributed by atoms with van der Waals surface area (Å²) in [5, 5.41) is 18.5. The molecule has 0 fully saturated rings. The Morgan fingerprint density at radius 2 is 1.52 bits per heavy atom. The molecule has 0 bridgehead atoms. The van der Waals surface area contributed by atoms with E-state index in [4.69, 9.17) is 0 Å². The summed E-state index contributed by atoms with van der Waals surface area (Å²) in [6.45, 7) is 5.67. The number of carbonyl (C=O) groups excluding carboxylic acids is 3. The van der Waals surface area contributed by atoms with Crippen molar-refractivity contribution in [3.63, 3.8) is 0 Å². The Morgan fingerprint density at radius 3 is 2.31 bits per heavy atom. The van der Waals surface area contributed by atoms with Crippen LogP contribution in [0.25, 0.3) is 0 Å². The Hall–Kier alpha value is -4.31. The molecule has 9 nitrogen and oxygen atoms in total. The summed E-state index contributed by atoms with van der Waals surface area (Å²) in [7, 11) is 0. The van der Waals surface area contributed by atoms with E-state index in [0.29, 0.717) is 17.4 Å². The molecule has 1 atom stereocenters. The highest BCUT2D eigenvalue weighted by molar-refractivity contribution is 7.15. The third kappa shape index (κ3) is 9.66. The summed E-state index contributed by atoms with van der Waals surface area (Å²) in [6.07, 6.45) is 4.05. The number of H-pyrrole nitrogens is 1. The van der Waals surface area contributed by atoms with Crippen LogP contribution < -0.4 is 16.0 Å². The highest BCUT2D eigenvalue weighted by Gasteiger charge is 2.14. The van der Waals surface area contributed by atoms with Gasteiger partial charge in [-0.25, -0.2) is 0 Å². The summed E-state index contributed by atoms with van der Waals surface area (Å²) in [6, 6.07) is 21.1. The first-order chi connectivity index (χ1) is 20.2. The second-order valence-electron chi connectivity index (χ2n) is 10.7. The van der Waals surface area contributed by atoms with Crippen molar-refractivity contribution in [2.24, 2.45) is 5.92 Å². The number of carbonyl (C=O) groups is 3. The van der Waals surface area contributed by atoms with Gasteiger partial charge in [-0.2, -0.15) is 0 Å². The van der Waals surface area contributed by atoms with E-state index in [0.717, 1.165) is 53.1 Å². The number of rotatable bonds is 14. The van der Waals surface area contributed by atoms with Gasteiger partial charge in [0.15, 0.2) is 0 Å². The Labute approximate surface area is 250 Å². The second-order valence-corrected chi connectivity index (χ2v) is 11.7. The molecular weight excluding hydrogens is 548 g/mol. The quantitative estimate of drug-likeness (QED) is 0.142. The van der Waals surface area contributed by atoms with E-state index >= 15 is 0 Å². The van der Waals surface area contributed by atoms with Crippen LogP contribution in [0.15, 0.2) is 66.7 Å². The van der Waals surface area contributed by atoms with Gasteiger partial charge in [-0.15, -0.1) is 10.2 Å². The number of amides is 3. The largest absolute Gasteiger partial charge is 0.349 e. The van der Waals surface area contributed by atoms with Gasteiger partial charge in [0.05, 0.1) is 18.9 Å². The van der Waals surface area contributed by atoms with Gasteiger partial charge in [-0.05, 0) is 55.0 Å². The van der Waals surface area contributed by atoms with Crippen molar-refractivity contribution in [3.8, 4) is 0 Å². The van der Waals surface area contributed by atoms with E-state index in [1.807, 2.05) is 87.5 Å². The number of nitrogens with zero attached hydrogens (tertiary/aromatic N) is 2. The maximum absolute atomic E-state index is 12.7. The smallest absolute Gasteiger partial charge is 0.230 e. The maximum atomic E-state index is 12.7. The van der Waals surface area contributed by atoms with E-state index in [1.165, 1.54) is 11.3 Å². The molecule has 4 rings (SSSR count). The lowest BCUT2D eigenvalue weighted by molar-refractivity contribution is -0.124. The number of hydrogen-bond donors (Lipinski definition) is 4. The minimum absolute atomic E-state index is 0.00248. The van der Waals surface area contributed by atoms with Crippen LogP contribution in [0.3, 0.4) is 0 Å². The Morgan fingerprint density at radius 1 is 0.810 bits per heavy atom. The Kier molecular flexibility index (Phi) is 11.0. The van der Waals surface area contributed by atoms with Crippen LogP contribution >= 0.6 is 11.3 Å². The zero-order valence-electron chi connectivity index (χ0n) is 24.3. The van der Waals surface area contributed by atoms with Crippen LogP contribution in [-0.2, 0) is 40.1 Å². The van der Waals surface area contributed by atoms with Crippen LogP contribution in [0.4, 0.5) is 10.9 Å². The number of hydrogen-bond acceptors (Lipinski definition) is 6. The van der Waals surface area contributed by atoms with Gasteiger partial charge >= 0.3 is 0 Å². The summed E-state index contributed by atoms with van der Waals surface area (Å²) >= 11 is 1.41. The van der Waals surface area contributed by atoms with Crippen molar-refractivity contribution in [3.05, 3.63) is 94.1 Å². The molecule has 0 aliphatic rings. The molecule has 42 heavy (non-hydrogen) atoms. The first-order valence-corrected chi connectivity index (χ1v) is 15.1. The van der Waals surface area contributed by atoms with E-state index in [-0.39, 0.29) is 36.1 Å². The molecule has 1 unspecified atom stereocenters. The number of nitrogens with one attached hydrogen (secondary N) is 4. The molecule has 2 aromatic heterocycles. The molecule has 4 aromatic rings. The monoisotopic (exact) mass is 586 g/mol. The lowest BCUT2D eigenvalue weighted by Gasteiger charge is -2.17. The fourth-order valence-electron chi connectivity index (χ4n) is 4.42. The van der Waals surface area contributed by atoms with Crippen molar-refractivity contribution in [1.82, 2.24) is 20.5 Å². The molecule has 220 valence electrons. The molecule has 0 spiro atoms. The van der Waals surface area contributed by atoms with Gasteiger partial charge in [0.1, 0.15) is 10.8 Å². The van der Waals surface area contributed by atoms with E-state index in [2.05, 4.69) is 31.1 Å². The summed E-state index contributed by atoms with van der Waals surface area (Å²) in [4.78, 5) is 40.2. The molecule has 3 amide bonds. The summed E-state index contributed by atoms with van der Waals surface area (Å²) in [5.41, 5.74) is 3.86. The molecule has 0 radical (unpaired) electrons. The molecular formula is C32H38N6O3S.